The van der Waals surface area contributed by atoms with Crippen LogP contribution in [0.25, 0.3) is 11.0 Å². The Kier molecular flexibility index (Phi) is 4.72. The standard InChI is InChI=1S/C16H16N2O3/c1-2-3-8-18-16(20)12(9-17)15(19)13-10-21-14-7-5-4-6-11(13)14/h4-7,10,12H,2-3,8H2,1H3,(H,18,20). The molecule has 1 N–H and O–H groups in total. The Bertz CT molecular complexity index is 697. The van der Waals surface area contributed by atoms with Crippen LogP contribution in [0.3, 0.4) is 0 Å². The number of benzene rings is 1. The molecule has 0 fully saturated rings. The number of ketones is 1. The minimum absolute atomic E-state index is 0.266. The molecule has 0 aliphatic heterocycles. The van der Waals surface area contributed by atoms with Crippen LogP contribution in [0.15, 0.2) is 34.9 Å². The highest BCUT2D eigenvalue weighted by Gasteiger charge is 2.29. The topological polar surface area (TPSA) is 83.1 Å². The average Bonchev–Trinajstić information content (AvgIpc) is 2.92. The van der Waals surface area contributed by atoms with Crippen LogP contribution in [0.4, 0.5) is 0 Å². The molecular weight excluding hydrogens is 268 g/mol. The van der Waals surface area contributed by atoms with E-state index in [4.69, 9.17) is 9.68 Å². The van der Waals surface area contributed by atoms with Crippen LogP contribution < -0.4 is 5.32 Å². The summed E-state index contributed by atoms with van der Waals surface area (Å²) in [6.45, 7) is 2.46. The summed E-state index contributed by atoms with van der Waals surface area (Å²) in [6.07, 6.45) is 3.04. The predicted molar refractivity (Wildman–Crippen MR) is 77.6 cm³/mol. The molecule has 2 rings (SSSR count). The number of Topliss-reactive ketones (excluding diaryl/α,β-unsaturated/α-hetero) is 1. The summed E-state index contributed by atoms with van der Waals surface area (Å²) in [5.41, 5.74) is 0.826. The largest absolute Gasteiger partial charge is 0.464 e. The second kappa shape index (κ2) is 6.71. The summed E-state index contributed by atoms with van der Waals surface area (Å²) in [7, 11) is 0. The number of nitrogens with one attached hydrogen (secondary N) is 1. The number of furan rings is 1. The third kappa shape index (κ3) is 3.11. The molecule has 1 atom stereocenters. The van der Waals surface area contributed by atoms with Crippen molar-refractivity contribution >= 4 is 22.7 Å². The van der Waals surface area contributed by atoms with Gasteiger partial charge in [-0.15, -0.1) is 0 Å². The third-order valence-corrected chi connectivity index (χ3v) is 3.23. The number of carbonyl (C=O) groups is 2. The van der Waals surface area contributed by atoms with Gasteiger partial charge in [-0.05, 0) is 12.5 Å². The van der Waals surface area contributed by atoms with Gasteiger partial charge in [0.2, 0.25) is 5.91 Å². The average molecular weight is 284 g/mol. The number of fused-ring (bicyclic) bond motifs is 1. The first-order chi connectivity index (χ1) is 10.2. The maximum atomic E-state index is 12.4. The Hall–Kier alpha value is -2.61. The van der Waals surface area contributed by atoms with Crippen LogP contribution in [0, 0.1) is 17.2 Å². The fraction of sp³-hybridized carbons (Fsp3) is 0.312. The summed E-state index contributed by atoms with van der Waals surface area (Å²) in [6, 6.07) is 8.81. The van der Waals surface area contributed by atoms with Crippen LogP contribution in [0.1, 0.15) is 30.1 Å². The summed E-state index contributed by atoms with van der Waals surface area (Å²) in [4.78, 5) is 24.3. The Morgan fingerprint density at radius 1 is 1.38 bits per heavy atom. The summed E-state index contributed by atoms with van der Waals surface area (Å²) >= 11 is 0. The van der Waals surface area contributed by atoms with Crippen LogP contribution in [0.2, 0.25) is 0 Å². The lowest BCUT2D eigenvalue weighted by atomic mass is 9.97. The Morgan fingerprint density at radius 2 is 2.14 bits per heavy atom. The van der Waals surface area contributed by atoms with Gasteiger partial charge in [0, 0.05) is 11.9 Å². The normalized spacial score (nSPS) is 11.8. The van der Waals surface area contributed by atoms with Crippen LogP contribution in [-0.4, -0.2) is 18.2 Å². The van der Waals surface area contributed by atoms with Crippen molar-refractivity contribution in [1.82, 2.24) is 5.32 Å². The van der Waals surface area contributed by atoms with E-state index in [1.165, 1.54) is 6.26 Å². The maximum Gasteiger partial charge on any atom is 0.245 e. The highest BCUT2D eigenvalue weighted by Crippen LogP contribution is 2.23. The van der Waals surface area contributed by atoms with E-state index in [-0.39, 0.29) is 5.56 Å². The van der Waals surface area contributed by atoms with E-state index in [0.717, 1.165) is 12.8 Å². The van der Waals surface area contributed by atoms with Gasteiger partial charge in [-0.2, -0.15) is 5.26 Å². The predicted octanol–water partition coefficient (Wildman–Crippen LogP) is 2.67. The van der Waals surface area contributed by atoms with E-state index < -0.39 is 17.6 Å². The molecule has 0 saturated heterocycles. The number of amides is 1. The maximum absolute atomic E-state index is 12.4. The molecule has 1 unspecified atom stereocenters. The molecule has 0 aliphatic carbocycles. The van der Waals surface area contributed by atoms with Crippen molar-refractivity contribution in [2.75, 3.05) is 6.54 Å². The summed E-state index contributed by atoms with van der Waals surface area (Å²) < 4.78 is 5.28. The van der Waals surface area contributed by atoms with E-state index in [2.05, 4.69) is 5.32 Å². The van der Waals surface area contributed by atoms with Gasteiger partial charge in [-0.3, -0.25) is 9.59 Å². The van der Waals surface area contributed by atoms with Crippen LogP contribution in [-0.2, 0) is 4.79 Å². The number of nitrogens with zero attached hydrogens (tertiary/aromatic N) is 1. The molecule has 5 heteroatoms. The van der Waals surface area contributed by atoms with Crippen molar-refractivity contribution in [2.45, 2.75) is 19.8 Å². The van der Waals surface area contributed by atoms with Gasteiger partial charge in [-0.1, -0.05) is 31.5 Å². The number of rotatable bonds is 6. The van der Waals surface area contributed by atoms with E-state index in [9.17, 15) is 9.59 Å². The first-order valence-electron chi connectivity index (χ1n) is 6.86. The van der Waals surface area contributed by atoms with Gasteiger partial charge in [0.05, 0.1) is 11.6 Å². The first-order valence-corrected chi connectivity index (χ1v) is 6.86. The van der Waals surface area contributed by atoms with Crippen LogP contribution >= 0.6 is 0 Å². The number of carbonyl (C=O) groups excluding carboxylic acids is 2. The quantitative estimate of drug-likeness (QED) is 0.502. The molecule has 2 aromatic rings. The molecule has 0 saturated carbocycles. The summed E-state index contributed by atoms with van der Waals surface area (Å²) in [5, 5.41) is 12.4. The molecule has 0 bridgehead atoms. The lowest BCUT2D eigenvalue weighted by molar-refractivity contribution is -0.122. The molecule has 0 spiro atoms. The molecule has 108 valence electrons. The van der Waals surface area contributed by atoms with Gasteiger partial charge in [-0.25, -0.2) is 0 Å². The van der Waals surface area contributed by atoms with E-state index in [1.807, 2.05) is 6.92 Å². The smallest absolute Gasteiger partial charge is 0.245 e. The van der Waals surface area contributed by atoms with Gasteiger partial charge < -0.3 is 9.73 Å². The zero-order valence-electron chi connectivity index (χ0n) is 11.8. The minimum atomic E-state index is -1.34. The lowest BCUT2D eigenvalue weighted by Crippen LogP contribution is -2.35. The van der Waals surface area contributed by atoms with Crippen LogP contribution in [0.5, 0.6) is 0 Å². The van der Waals surface area contributed by atoms with E-state index >= 15 is 0 Å². The highest BCUT2D eigenvalue weighted by molar-refractivity contribution is 6.17. The monoisotopic (exact) mass is 284 g/mol. The molecular formula is C16H16N2O3. The lowest BCUT2D eigenvalue weighted by Gasteiger charge is -2.08. The fourth-order valence-corrected chi connectivity index (χ4v) is 2.05. The Balaban J connectivity index is 2.21. The number of unbranched alkanes of at least 4 members (excludes halogenated alkanes) is 1. The van der Waals surface area contributed by atoms with Crippen molar-refractivity contribution in [1.29, 1.82) is 5.26 Å². The second-order valence-electron chi connectivity index (χ2n) is 4.72. The van der Waals surface area contributed by atoms with Gasteiger partial charge in [0.25, 0.3) is 0 Å². The molecule has 1 amide bonds. The minimum Gasteiger partial charge on any atom is -0.464 e. The Morgan fingerprint density at radius 3 is 2.86 bits per heavy atom. The van der Waals surface area contributed by atoms with Crippen molar-refractivity contribution in [2.24, 2.45) is 5.92 Å². The molecule has 1 heterocycles. The third-order valence-electron chi connectivity index (χ3n) is 3.23. The Labute approximate surface area is 122 Å². The molecule has 5 nitrogen and oxygen atoms in total. The molecule has 0 radical (unpaired) electrons. The van der Waals surface area contributed by atoms with E-state index in [0.29, 0.717) is 17.5 Å². The summed E-state index contributed by atoms with van der Waals surface area (Å²) in [5.74, 6) is -2.43. The fourth-order valence-electron chi connectivity index (χ4n) is 2.05. The number of para-hydroxylation sites is 1. The van der Waals surface area contributed by atoms with Crippen molar-refractivity contribution in [3.8, 4) is 6.07 Å². The van der Waals surface area contributed by atoms with Gasteiger partial charge in [0.15, 0.2) is 11.7 Å². The second-order valence-corrected chi connectivity index (χ2v) is 4.72. The first kappa shape index (κ1) is 14.8. The molecule has 1 aromatic heterocycles. The van der Waals surface area contributed by atoms with Gasteiger partial charge >= 0.3 is 0 Å². The van der Waals surface area contributed by atoms with Crippen molar-refractivity contribution in [3.63, 3.8) is 0 Å². The number of hydrogen-bond donors (Lipinski definition) is 1. The molecule has 21 heavy (non-hydrogen) atoms. The van der Waals surface area contributed by atoms with Crippen molar-refractivity contribution < 1.29 is 14.0 Å². The zero-order chi connectivity index (χ0) is 15.2. The zero-order valence-corrected chi connectivity index (χ0v) is 11.8. The van der Waals surface area contributed by atoms with E-state index in [1.54, 1.807) is 30.3 Å². The van der Waals surface area contributed by atoms with Crippen molar-refractivity contribution in [3.05, 3.63) is 36.1 Å². The number of nitriles is 1. The highest BCUT2D eigenvalue weighted by atomic mass is 16.3. The van der Waals surface area contributed by atoms with Gasteiger partial charge in [0.1, 0.15) is 11.8 Å². The SMILES string of the molecule is CCCCNC(=O)C(C#N)C(=O)c1coc2ccccc12. The number of hydrogen-bond acceptors (Lipinski definition) is 4. The molecule has 0 aliphatic rings. The molecule has 1 aromatic carbocycles.